The van der Waals surface area contributed by atoms with Crippen LogP contribution in [0.25, 0.3) is 6.08 Å². The summed E-state index contributed by atoms with van der Waals surface area (Å²) >= 11 is 12.5. The van der Waals surface area contributed by atoms with Crippen LogP contribution < -0.4 is 29.2 Å². The molecule has 9 nitrogen and oxygen atoms in total. The van der Waals surface area contributed by atoms with Gasteiger partial charge in [0.2, 0.25) is 0 Å². The number of urea groups is 1. The summed E-state index contributed by atoms with van der Waals surface area (Å²) in [7, 11) is 2.74. The van der Waals surface area contributed by atoms with Crippen LogP contribution in [-0.4, -0.2) is 45.3 Å². The summed E-state index contributed by atoms with van der Waals surface area (Å²) in [4.78, 5) is 39.3. The minimum absolute atomic E-state index is 0.0457. The molecule has 1 aliphatic rings. The zero-order valence-electron chi connectivity index (χ0n) is 18.9. The van der Waals surface area contributed by atoms with Gasteiger partial charge in [0.25, 0.3) is 11.8 Å². The highest BCUT2D eigenvalue weighted by Gasteiger charge is 2.38. The van der Waals surface area contributed by atoms with Gasteiger partial charge in [0, 0.05) is 12.1 Å². The molecule has 0 atom stereocenters. The van der Waals surface area contributed by atoms with Crippen LogP contribution in [0.1, 0.15) is 19.4 Å². The molecule has 1 aliphatic heterocycles. The lowest BCUT2D eigenvalue weighted by molar-refractivity contribution is -0.122. The second kappa shape index (κ2) is 10.7. The van der Waals surface area contributed by atoms with Crippen LogP contribution in [0.3, 0.4) is 0 Å². The summed E-state index contributed by atoms with van der Waals surface area (Å²) in [6.45, 7) is 4.31. The number of imide groups is 2. The van der Waals surface area contributed by atoms with Crippen LogP contribution in [0.2, 0.25) is 10.0 Å². The van der Waals surface area contributed by atoms with E-state index in [1.54, 1.807) is 19.9 Å². The van der Waals surface area contributed by atoms with E-state index in [9.17, 15) is 14.4 Å². The van der Waals surface area contributed by atoms with Gasteiger partial charge in [-0.1, -0.05) is 23.2 Å². The van der Waals surface area contributed by atoms with Crippen molar-refractivity contribution >= 4 is 52.8 Å². The summed E-state index contributed by atoms with van der Waals surface area (Å²) in [6.07, 6.45) is 1.31. The number of carbonyl (C=O) groups excluding carboxylic acids is 3. The molecule has 180 valence electrons. The second-order valence-electron chi connectivity index (χ2n) is 6.81. The predicted octanol–water partition coefficient (Wildman–Crippen LogP) is 4.47. The third-order valence-electron chi connectivity index (χ3n) is 4.73. The number of anilines is 1. The molecule has 3 rings (SSSR count). The van der Waals surface area contributed by atoms with E-state index in [0.717, 1.165) is 4.90 Å². The maximum absolute atomic E-state index is 13.3. The Hall–Kier alpha value is -3.43. The fourth-order valence-electron chi connectivity index (χ4n) is 3.28. The lowest BCUT2D eigenvalue weighted by Gasteiger charge is -2.28. The van der Waals surface area contributed by atoms with Gasteiger partial charge in [-0.3, -0.25) is 14.9 Å². The number of benzene rings is 2. The fourth-order valence-corrected chi connectivity index (χ4v) is 3.79. The number of rotatable bonds is 8. The molecule has 0 bridgehead atoms. The van der Waals surface area contributed by atoms with Gasteiger partial charge in [-0.15, -0.1) is 0 Å². The highest BCUT2D eigenvalue weighted by Crippen LogP contribution is 2.40. The summed E-state index contributed by atoms with van der Waals surface area (Å²) in [5.41, 5.74) is 0.132. The van der Waals surface area contributed by atoms with E-state index in [4.69, 9.17) is 42.1 Å². The van der Waals surface area contributed by atoms with E-state index in [1.165, 1.54) is 38.5 Å². The summed E-state index contributed by atoms with van der Waals surface area (Å²) < 4.78 is 21.6. The number of amides is 4. The van der Waals surface area contributed by atoms with Crippen LogP contribution in [0, 0.1) is 0 Å². The largest absolute Gasteiger partial charge is 0.495 e. The lowest BCUT2D eigenvalue weighted by Crippen LogP contribution is -2.54. The maximum atomic E-state index is 13.3. The summed E-state index contributed by atoms with van der Waals surface area (Å²) in [6, 6.07) is 4.93. The normalized spacial score (nSPS) is 14.8. The number of nitrogens with one attached hydrogen (secondary N) is 1. The highest BCUT2D eigenvalue weighted by molar-refractivity contribution is 6.40. The van der Waals surface area contributed by atoms with E-state index in [2.05, 4.69) is 5.32 Å². The third kappa shape index (κ3) is 4.90. The van der Waals surface area contributed by atoms with Crippen LogP contribution in [-0.2, 0) is 9.59 Å². The Balaban J connectivity index is 2.10. The molecule has 2 aromatic rings. The number of barbiturate groups is 1. The van der Waals surface area contributed by atoms with Gasteiger partial charge >= 0.3 is 6.03 Å². The molecule has 1 heterocycles. The van der Waals surface area contributed by atoms with E-state index >= 15 is 0 Å². The predicted molar refractivity (Wildman–Crippen MR) is 127 cm³/mol. The average molecular weight is 509 g/mol. The topological polar surface area (TPSA) is 103 Å². The molecule has 34 heavy (non-hydrogen) atoms. The zero-order valence-corrected chi connectivity index (χ0v) is 20.4. The van der Waals surface area contributed by atoms with Crippen molar-refractivity contribution in [1.29, 1.82) is 0 Å². The van der Waals surface area contributed by atoms with Crippen molar-refractivity contribution in [3.05, 3.63) is 45.4 Å². The Bertz CT molecular complexity index is 1180. The number of carbonyl (C=O) groups is 3. The first-order chi connectivity index (χ1) is 16.2. The first-order valence-electron chi connectivity index (χ1n) is 10.2. The molecular formula is C23H22Cl2N2O7. The number of hydrogen-bond donors (Lipinski definition) is 1. The molecule has 2 aromatic carbocycles. The molecule has 11 heteroatoms. The quantitative estimate of drug-likeness (QED) is 0.414. The third-order valence-corrected chi connectivity index (χ3v) is 5.30. The molecule has 0 unspecified atom stereocenters. The number of ether oxygens (including phenoxy) is 4. The number of methoxy groups -OCH3 is 2. The number of nitrogens with zero attached hydrogens (tertiary/aromatic N) is 1. The van der Waals surface area contributed by atoms with E-state index in [0.29, 0.717) is 30.3 Å². The van der Waals surface area contributed by atoms with E-state index in [1.807, 2.05) is 0 Å². The van der Waals surface area contributed by atoms with E-state index < -0.39 is 17.8 Å². The Morgan fingerprint density at radius 1 is 0.882 bits per heavy atom. The van der Waals surface area contributed by atoms with Crippen molar-refractivity contribution in [1.82, 2.24) is 5.32 Å². The van der Waals surface area contributed by atoms with Gasteiger partial charge in [-0.25, -0.2) is 9.69 Å². The second-order valence-corrected chi connectivity index (χ2v) is 7.63. The summed E-state index contributed by atoms with van der Waals surface area (Å²) in [5.74, 6) is -0.703. The Morgan fingerprint density at radius 2 is 1.56 bits per heavy atom. The molecule has 1 saturated heterocycles. The van der Waals surface area contributed by atoms with Crippen LogP contribution in [0.15, 0.2) is 29.8 Å². The summed E-state index contributed by atoms with van der Waals surface area (Å²) in [5, 5.41) is 2.61. The fraction of sp³-hybridized carbons (Fsp3) is 0.261. The van der Waals surface area contributed by atoms with Crippen molar-refractivity contribution in [2.75, 3.05) is 32.3 Å². The Morgan fingerprint density at radius 3 is 2.18 bits per heavy atom. The van der Waals surface area contributed by atoms with Gasteiger partial charge in [-0.05, 0) is 37.6 Å². The molecular weight excluding hydrogens is 487 g/mol. The molecule has 0 aliphatic carbocycles. The average Bonchev–Trinajstić information content (AvgIpc) is 2.79. The number of hydrogen-bond acceptors (Lipinski definition) is 7. The Kier molecular flexibility index (Phi) is 7.90. The SMILES string of the molecule is CCOc1cc(/C=C2\C(=O)NC(=O)N(c3cc(OC)c(Cl)cc3OC)C2=O)cc(Cl)c1OCC. The van der Waals surface area contributed by atoms with Gasteiger partial charge in [0.1, 0.15) is 17.1 Å². The van der Waals surface area contributed by atoms with Crippen LogP contribution in [0.5, 0.6) is 23.0 Å². The first-order valence-corrected chi connectivity index (χ1v) is 10.9. The minimum Gasteiger partial charge on any atom is -0.495 e. The van der Waals surface area contributed by atoms with Crippen molar-refractivity contribution in [3.63, 3.8) is 0 Å². The van der Waals surface area contributed by atoms with E-state index in [-0.39, 0.29) is 32.8 Å². The number of halogens is 2. The van der Waals surface area contributed by atoms with Gasteiger partial charge in [-0.2, -0.15) is 0 Å². The smallest absolute Gasteiger partial charge is 0.336 e. The molecule has 0 saturated carbocycles. The van der Waals surface area contributed by atoms with Gasteiger partial charge < -0.3 is 18.9 Å². The zero-order chi connectivity index (χ0) is 25.0. The minimum atomic E-state index is -0.949. The monoisotopic (exact) mass is 508 g/mol. The molecule has 1 N–H and O–H groups in total. The lowest BCUT2D eigenvalue weighted by atomic mass is 10.1. The molecule has 1 fully saturated rings. The van der Waals surface area contributed by atoms with Gasteiger partial charge in [0.05, 0.1) is 43.2 Å². The maximum Gasteiger partial charge on any atom is 0.336 e. The van der Waals surface area contributed by atoms with Crippen molar-refractivity contribution in [2.24, 2.45) is 0 Å². The standard InChI is InChI=1S/C23H22Cl2N2O7/c1-5-33-19-9-12(8-15(25)20(19)34-6-2)7-13-21(28)26-23(30)27(22(13)29)16-11-17(31-3)14(24)10-18(16)32-4/h7-11H,5-6H2,1-4H3,(H,26,28,30)/b13-7+. The van der Waals surface area contributed by atoms with Crippen molar-refractivity contribution < 1.29 is 33.3 Å². The van der Waals surface area contributed by atoms with Crippen molar-refractivity contribution in [2.45, 2.75) is 13.8 Å². The van der Waals surface area contributed by atoms with Crippen LogP contribution >= 0.6 is 23.2 Å². The molecule has 0 spiro atoms. The van der Waals surface area contributed by atoms with Crippen LogP contribution in [0.4, 0.5) is 10.5 Å². The highest BCUT2D eigenvalue weighted by atomic mass is 35.5. The molecule has 0 aromatic heterocycles. The molecule has 4 amide bonds. The first kappa shape index (κ1) is 25.2. The van der Waals surface area contributed by atoms with Crippen molar-refractivity contribution in [3.8, 4) is 23.0 Å². The Labute approximate surface area is 206 Å². The molecule has 0 radical (unpaired) electrons. The van der Waals surface area contributed by atoms with Gasteiger partial charge in [0.15, 0.2) is 11.5 Å².